The summed E-state index contributed by atoms with van der Waals surface area (Å²) in [6.07, 6.45) is 0. The van der Waals surface area contributed by atoms with Crippen LogP contribution in [0.15, 0.2) is 18.2 Å². The number of carbonyl (C=O) groups is 1. The number of carboxylic acid groups (broad SMARTS) is 1. The molecule has 0 saturated carbocycles. The molecule has 5 heteroatoms. The van der Waals surface area contributed by atoms with Crippen molar-refractivity contribution in [3.63, 3.8) is 0 Å². The van der Waals surface area contributed by atoms with Crippen LogP contribution in [-0.2, 0) is 39.8 Å². The third-order valence-corrected chi connectivity index (χ3v) is 1.87. The number of aryl methyl sites for hydroxylation is 1. The van der Waals surface area contributed by atoms with Gasteiger partial charge in [-0.25, -0.2) is 9.89 Å². The van der Waals surface area contributed by atoms with Gasteiger partial charge in [-0.1, -0.05) is 5.39 Å². The van der Waals surface area contributed by atoms with E-state index in [0.717, 1.165) is 0 Å². The minimum atomic E-state index is -0.968. The van der Waals surface area contributed by atoms with Gasteiger partial charge in [-0.3, -0.25) is 4.68 Å². The standard InChI is InChI=1S/C9H7N2O2.Y/c1-11-8(9(12)13)6-4-2-3-5-7(6)10-11;/h2-4H,1H3,(H,12,13);/q-1;. The average Bonchev–Trinajstić information content (AvgIpc) is 2.39. The summed E-state index contributed by atoms with van der Waals surface area (Å²) < 4.78 is 1.35. The van der Waals surface area contributed by atoms with Gasteiger partial charge in [-0.05, 0) is 5.52 Å². The van der Waals surface area contributed by atoms with Crippen LogP contribution in [0.3, 0.4) is 0 Å². The van der Waals surface area contributed by atoms with E-state index in [-0.39, 0.29) is 38.4 Å². The first-order valence-electron chi connectivity index (χ1n) is 3.77. The van der Waals surface area contributed by atoms with Gasteiger partial charge in [0, 0.05) is 39.8 Å². The van der Waals surface area contributed by atoms with E-state index in [1.54, 1.807) is 25.2 Å². The van der Waals surface area contributed by atoms with E-state index in [2.05, 4.69) is 11.2 Å². The van der Waals surface area contributed by atoms with Crippen molar-refractivity contribution >= 4 is 16.9 Å². The van der Waals surface area contributed by atoms with Crippen LogP contribution in [-0.4, -0.2) is 20.9 Å². The topological polar surface area (TPSA) is 55.1 Å². The van der Waals surface area contributed by atoms with Gasteiger partial charge in [-0.2, -0.15) is 24.3 Å². The van der Waals surface area contributed by atoms with Gasteiger partial charge in [0.25, 0.3) is 0 Å². The van der Waals surface area contributed by atoms with Gasteiger partial charge in [0.15, 0.2) is 0 Å². The number of hydrogen-bond acceptors (Lipinski definition) is 2. The van der Waals surface area contributed by atoms with E-state index < -0.39 is 5.97 Å². The molecule has 0 atom stereocenters. The van der Waals surface area contributed by atoms with E-state index in [9.17, 15) is 4.79 Å². The van der Waals surface area contributed by atoms with Gasteiger partial charge < -0.3 is 5.11 Å². The fourth-order valence-corrected chi connectivity index (χ4v) is 1.33. The molecule has 0 bridgehead atoms. The molecule has 69 valence electrons. The molecular weight excluding hydrogens is 257 g/mol. The Morgan fingerprint density at radius 1 is 1.64 bits per heavy atom. The zero-order valence-corrected chi connectivity index (χ0v) is 10.4. The summed E-state index contributed by atoms with van der Waals surface area (Å²) >= 11 is 0. The maximum absolute atomic E-state index is 10.8. The molecule has 14 heavy (non-hydrogen) atoms. The number of fused-ring (bicyclic) bond motifs is 1. The molecule has 0 aliphatic heterocycles. The molecule has 2 aromatic rings. The molecule has 1 aromatic heterocycles. The predicted molar refractivity (Wildman–Crippen MR) is 46.5 cm³/mol. The molecule has 4 nitrogen and oxygen atoms in total. The van der Waals surface area contributed by atoms with E-state index in [4.69, 9.17) is 5.11 Å². The predicted octanol–water partition coefficient (Wildman–Crippen LogP) is 1.07. The Kier molecular flexibility index (Phi) is 3.40. The van der Waals surface area contributed by atoms with Crippen molar-refractivity contribution in [3.05, 3.63) is 30.0 Å². The van der Waals surface area contributed by atoms with E-state index in [1.165, 1.54) is 4.68 Å². The smallest absolute Gasteiger partial charge is 0.342 e. The third kappa shape index (κ3) is 1.72. The van der Waals surface area contributed by atoms with Gasteiger partial charge in [-0.15, -0.1) is 0 Å². The zero-order chi connectivity index (χ0) is 9.42. The van der Waals surface area contributed by atoms with Crippen LogP contribution in [0.25, 0.3) is 10.9 Å². The molecule has 0 saturated heterocycles. The Morgan fingerprint density at radius 3 is 3.00 bits per heavy atom. The van der Waals surface area contributed by atoms with Crippen LogP contribution in [0.2, 0.25) is 0 Å². The summed E-state index contributed by atoms with van der Waals surface area (Å²) in [4.78, 5) is 10.8. The zero-order valence-electron chi connectivity index (χ0n) is 7.56. The number of carboxylic acids is 1. The van der Waals surface area contributed by atoms with Crippen LogP contribution >= 0.6 is 0 Å². The molecule has 1 N–H and O–H groups in total. The summed E-state index contributed by atoms with van der Waals surface area (Å²) in [5.41, 5.74) is 0.786. The van der Waals surface area contributed by atoms with Crippen LogP contribution < -0.4 is 0 Å². The SMILES string of the molecule is Cn1nc2[c-]cccc2c1C(=O)O.[Y]. The molecule has 1 aromatic carbocycles. The van der Waals surface area contributed by atoms with Gasteiger partial charge in [0.2, 0.25) is 0 Å². The largest absolute Gasteiger partial charge is 0.477 e. The molecule has 0 amide bonds. The fourth-order valence-electron chi connectivity index (χ4n) is 1.33. The monoisotopic (exact) mass is 264 g/mol. The maximum atomic E-state index is 10.8. The number of aromatic carboxylic acids is 1. The maximum Gasteiger partial charge on any atom is 0.342 e. The second-order valence-electron chi connectivity index (χ2n) is 2.71. The van der Waals surface area contributed by atoms with Crippen LogP contribution in [0.1, 0.15) is 10.5 Å². The molecule has 0 unspecified atom stereocenters. The minimum Gasteiger partial charge on any atom is -0.477 e. The second kappa shape index (κ2) is 4.19. The Bertz CT molecular complexity index is 479. The van der Waals surface area contributed by atoms with Gasteiger partial charge >= 0.3 is 5.97 Å². The van der Waals surface area contributed by atoms with Crippen molar-refractivity contribution in [2.45, 2.75) is 0 Å². The Balaban J connectivity index is 0.000000980. The number of benzene rings is 1. The first-order valence-corrected chi connectivity index (χ1v) is 3.77. The Hall–Kier alpha value is -0.736. The summed E-state index contributed by atoms with van der Waals surface area (Å²) in [5.74, 6) is -0.968. The van der Waals surface area contributed by atoms with E-state index in [1.807, 2.05) is 0 Å². The molecule has 1 radical (unpaired) electrons. The van der Waals surface area contributed by atoms with E-state index >= 15 is 0 Å². The third-order valence-electron chi connectivity index (χ3n) is 1.87. The van der Waals surface area contributed by atoms with Crippen molar-refractivity contribution in [3.8, 4) is 0 Å². The van der Waals surface area contributed by atoms with Crippen molar-refractivity contribution in [2.24, 2.45) is 7.05 Å². The van der Waals surface area contributed by atoms with Crippen molar-refractivity contribution in [1.29, 1.82) is 0 Å². The summed E-state index contributed by atoms with van der Waals surface area (Å²) in [5, 5.41) is 13.5. The van der Waals surface area contributed by atoms with E-state index in [0.29, 0.717) is 10.9 Å². The summed E-state index contributed by atoms with van der Waals surface area (Å²) in [6.45, 7) is 0. The molecule has 2 rings (SSSR count). The summed E-state index contributed by atoms with van der Waals surface area (Å²) in [6, 6.07) is 8.05. The summed E-state index contributed by atoms with van der Waals surface area (Å²) in [7, 11) is 1.61. The second-order valence-corrected chi connectivity index (χ2v) is 2.71. The minimum absolute atomic E-state index is 0. The van der Waals surface area contributed by atoms with Crippen molar-refractivity contribution in [2.75, 3.05) is 0 Å². The molecule has 0 fully saturated rings. The van der Waals surface area contributed by atoms with Gasteiger partial charge in [0.1, 0.15) is 0 Å². The molecule has 1 heterocycles. The van der Waals surface area contributed by atoms with Crippen molar-refractivity contribution < 1.29 is 42.6 Å². The molecule has 0 aliphatic rings. The van der Waals surface area contributed by atoms with Crippen LogP contribution in [0, 0.1) is 6.07 Å². The fraction of sp³-hybridized carbons (Fsp3) is 0.111. The quantitative estimate of drug-likeness (QED) is 0.784. The number of nitrogens with zero attached hydrogens (tertiary/aromatic N) is 2. The first-order chi connectivity index (χ1) is 6.20. The number of hydrogen-bond donors (Lipinski definition) is 1. The van der Waals surface area contributed by atoms with Crippen LogP contribution in [0.4, 0.5) is 0 Å². The number of aromatic nitrogens is 2. The molecular formula is C9H7N2O2Y-. The van der Waals surface area contributed by atoms with Crippen molar-refractivity contribution in [1.82, 2.24) is 9.78 Å². The Morgan fingerprint density at radius 2 is 2.36 bits per heavy atom. The van der Waals surface area contributed by atoms with Crippen LogP contribution in [0.5, 0.6) is 0 Å². The molecule has 0 aliphatic carbocycles. The molecule has 0 spiro atoms. The number of rotatable bonds is 1. The normalized spacial score (nSPS) is 9.79. The average molecular weight is 264 g/mol. The van der Waals surface area contributed by atoms with Gasteiger partial charge in [0.05, 0.1) is 5.69 Å². The Labute approximate surface area is 106 Å². The first kappa shape index (κ1) is 11.3.